The summed E-state index contributed by atoms with van der Waals surface area (Å²) < 4.78 is 5.29. The zero-order chi connectivity index (χ0) is 17.4. The van der Waals surface area contributed by atoms with Crippen molar-refractivity contribution in [1.29, 1.82) is 0 Å². The molecule has 0 spiro atoms. The third-order valence-corrected chi connectivity index (χ3v) is 3.84. The number of rotatable bonds is 6. The van der Waals surface area contributed by atoms with Crippen LogP contribution in [0.4, 0.5) is 15.3 Å². The number of ether oxygens (including phenoxy) is 1. The minimum Gasteiger partial charge on any atom is -0.379 e. The molecule has 8 heteroatoms. The van der Waals surface area contributed by atoms with Crippen LogP contribution >= 0.6 is 0 Å². The lowest BCUT2D eigenvalue weighted by atomic mass is 10.1. The number of nitrogens with zero attached hydrogens (tertiary/aromatic N) is 1. The molecule has 1 aliphatic heterocycles. The number of nitrogens with one attached hydrogen (secondary N) is 3. The first-order valence-electron chi connectivity index (χ1n) is 8.05. The predicted molar refractivity (Wildman–Crippen MR) is 91.9 cm³/mol. The van der Waals surface area contributed by atoms with Crippen molar-refractivity contribution in [2.75, 3.05) is 44.7 Å². The molecule has 1 fully saturated rings. The number of urea groups is 2. The number of hydrogen-bond donors (Lipinski definition) is 4. The topological polar surface area (TPSA) is 109 Å². The Morgan fingerprint density at radius 3 is 2.54 bits per heavy atom. The standard InChI is InChI=1S/C16H25N5O3/c1-12(13-2-4-14(5-3-13)20-15(17)22)19-16(23)18-6-7-21-8-10-24-11-9-21/h2-5,12H,6-11H2,1H3,(H3,17,20,22)(H2,18,19,23)/t12-/m1/s1. The summed E-state index contributed by atoms with van der Waals surface area (Å²) in [5.41, 5.74) is 6.62. The van der Waals surface area contributed by atoms with Crippen molar-refractivity contribution >= 4 is 17.7 Å². The van der Waals surface area contributed by atoms with Gasteiger partial charge in [0.2, 0.25) is 0 Å². The average Bonchev–Trinajstić information content (AvgIpc) is 2.56. The Labute approximate surface area is 141 Å². The molecule has 1 aromatic carbocycles. The fourth-order valence-corrected chi connectivity index (χ4v) is 2.48. The summed E-state index contributed by atoms with van der Waals surface area (Å²) in [6.45, 7) is 6.64. The van der Waals surface area contributed by atoms with Gasteiger partial charge in [0.25, 0.3) is 0 Å². The molecule has 4 amide bonds. The molecule has 1 saturated heterocycles. The van der Waals surface area contributed by atoms with Gasteiger partial charge in [0, 0.05) is 31.9 Å². The molecule has 1 atom stereocenters. The van der Waals surface area contributed by atoms with E-state index in [1.54, 1.807) is 12.1 Å². The van der Waals surface area contributed by atoms with Gasteiger partial charge in [-0.3, -0.25) is 4.90 Å². The van der Waals surface area contributed by atoms with E-state index in [4.69, 9.17) is 10.5 Å². The van der Waals surface area contributed by atoms with Crippen LogP contribution in [-0.2, 0) is 4.74 Å². The lowest BCUT2D eigenvalue weighted by molar-refractivity contribution is 0.0387. The maximum absolute atomic E-state index is 11.9. The van der Waals surface area contributed by atoms with Gasteiger partial charge in [-0.25, -0.2) is 9.59 Å². The maximum Gasteiger partial charge on any atom is 0.316 e. The monoisotopic (exact) mass is 335 g/mol. The van der Waals surface area contributed by atoms with Crippen LogP contribution in [0.1, 0.15) is 18.5 Å². The highest BCUT2D eigenvalue weighted by atomic mass is 16.5. The highest BCUT2D eigenvalue weighted by Crippen LogP contribution is 2.15. The van der Waals surface area contributed by atoms with Crippen molar-refractivity contribution in [3.63, 3.8) is 0 Å². The second-order valence-corrected chi connectivity index (χ2v) is 5.69. The van der Waals surface area contributed by atoms with Crippen LogP contribution in [0.25, 0.3) is 0 Å². The molecule has 2 rings (SSSR count). The third kappa shape index (κ3) is 6.05. The molecule has 0 saturated carbocycles. The Bertz CT molecular complexity index is 543. The van der Waals surface area contributed by atoms with Crippen LogP contribution in [0.15, 0.2) is 24.3 Å². The molecule has 0 bridgehead atoms. The Kier molecular flexibility index (Phi) is 6.83. The minimum absolute atomic E-state index is 0.143. The summed E-state index contributed by atoms with van der Waals surface area (Å²) in [5.74, 6) is 0. The summed E-state index contributed by atoms with van der Waals surface area (Å²) in [6.07, 6.45) is 0. The van der Waals surface area contributed by atoms with Crippen molar-refractivity contribution in [2.45, 2.75) is 13.0 Å². The maximum atomic E-state index is 11.9. The lowest BCUT2D eigenvalue weighted by Crippen LogP contribution is -2.44. The van der Waals surface area contributed by atoms with Crippen LogP contribution in [0.2, 0.25) is 0 Å². The largest absolute Gasteiger partial charge is 0.379 e. The van der Waals surface area contributed by atoms with E-state index in [0.717, 1.165) is 38.4 Å². The smallest absolute Gasteiger partial charge is 0.316 e. The van der Waals surface area contributed by atoms with E-state index in [0.29, 0.717) is 12.2 Å². The number of amides is 4. The molecule has 24 heavy (non-hydrogen) atoms. The number of carbonyl (C=O) groups is 2. The van der Waals surface area contributed by atoms with Gasteiger partial charge in [0.1, 0.15) is 0 Å². The zero-order valence-corrected chi connectivity index (χ0v) is 13.9. The lowest BCUT2D eigenvalue weighted by Gasteiger charge is -2.26. The Hall–Kier alpha value is -2.32. The number of hydrogen-bond acceptors (Lipinski definition) is 4. The molecule has 8 nitrogen and oxygen atoms in total. The van der Waals surface area contributed by atoms with Crippen molar-refractivity contribution < 1.29 is 14.3 Å². The van der Waals surface area contributed by atoms with Crippen LogP contribution in [-0.4, -0.2) is 56.4 Å². The highest BCUT2D eigenvalue weighted by molar-refractivity contribution is 5.87. The second kappa shape index (κ2) is 9.09. The molecule has 0 radical (unpaired) electrons. The second-order valence-electron chi connectivity index (χ2n) is 5.69. The molecule has 0 aliphatic carbocycles. The first kappa shape index (κ1) is 18.0. The van der Waals surface area contributed by atoms with Gasteiger partial charge in [-0.1, -0.05) is 12.1 Å². The van der Waals surface area contributed by atoms with Gasteiger partial charge >= 0.3 is 12.1 Å². The van der Waals surface area contributed by atoms with Crippen LogP contribution in [0.5, 0.6) is 0 Å². The Balaban J connectivity index is 1.71. The van der Waals surface area contributed by atoms with Gasteiger partial charge < -0.3 is 26.4 Å². The van der Waals surface area contributed by atoms with Gasteiger partial charge in [0.05, 0.1) is 19.3 Å². The normalized spacial score (nSPS) is 16.2. The van der Waals surface area contributed by atoms with Crippen LogP contribution in [0, 0.1) is 0 Å². The van der Waals surface area contributed by atoms with Gasteiger partial charge in [-0.2, -0.15) is 0 Å². The summed E-state index contributed by atoms with van der Waals surface area (Å²) in [6, 6.07) is 6.22. The van der Waals surface area contributed by atoms with Crippen molar-refractivity contribution in [2.24, 2.45) is 5.73 Å². The minimum atomic E-state index is -0.603. The van der Waals surface area contributed by atoms with E-state index in [2.05, 4.69) is 20.9 Å². The molecule has 1 aliphatic rings. The van der Waals surface area contributed by atoms with Gasteiger partial charge in [-0.15, -0.1) is 0 Å². The predicted octanol–water partition coefficient (Wildman–Crippen LogP) is 0.870. The molecule has 0 unspecified atom stereocenters. The van der Waals surface area contributed by atoms with E-state index in [9.17, 15) is 9.59 Å². The number of morpholine rings is 1. The number of primary amides is 1. The molecular formula is C16H25N5O3. The third-order valence-electron chi connectivity index (χ3n) is 3.84. The Morgan fingerprint density at radius 2 is 1.92 bits per heavy atom. The van der Waals surface area contributed by atoms with Crippen molar-refractivity contribution in [3.05, 3.63) is 29.8 Å². The number of nitrogens with two attached hydrogens (primary N) is 1. The molecular weight excluding hydrogens is 310 g/mol. The van der Waals surface area contributed by atoms with Crippen LogP contribution < -0.4 is 21.7 Å². The zero-order valence-electron chi connectivity index (χ0n) is 13.9. The summed E-state index contributed by atoms with van der Waals surface area (Å²) >= 11 is 0. The summed E-state index contributed by atoms with van der Waals surface area (Å²) in [7, 11) is 0. The highest BCUT2D eigenvalue weighted by Gasteiger charge is 2.12. The molecule has 1 aromatic rings. The van der Waals surface area contributed by atoms with E-state index < -0.39 is 6.03 Å². The van der Waals surface area contributed by atoms with Crippen molar-refractivity contribution in [1.82, 2.24) is 15.5 Å². The SMILES string of the molecule is C[C@@H](NC(=O)NCCN1CCOCC1)c1ccc(NC(N)=O)cc1. The first-order valence-corrected chi connectivity index (χ1v) is 8.05. The quantitative estimate of drug-likeness (QED) is 0.618. The molecule has 132 valence electrons. The van der Waals surface area contributed by atoms with E-state index >= 15 is 0 Å². The number of benzene rings is 1. The molecule has 5 N–H and O–H groups in total. The summed E-state index contributed by atoms with van der Waals surface area (Å²) in [5, 5.41) is 8.25. The van der Waals surface area contributed by atoms with Gasteiger partial charge in [0.15, 0.2) is 0 Å². The number of anilines is 1. The Morgan fingerprint density at radius 1 is 1.25 bits per heavy atom. The summed E-state index contributed by atoms with van der Waals surface area (Å²) in [4.78, 5) is 25.0. The van der Waals surface area contributed by atoms with E-state index in [1.807, 2.05) is 19.1 Å². The van der Waals surface area contributed by atoms with Crippen molar-refractivity contribution in [3.8, 4) is 0 Å². The average molecular weight is 335 g/mol. The molecule has 1 heterocycles. The molecule has 0 aromatic heterocycles. The fourth-order valence-electron chi connectivity index (χ4n) is 2.48. The fraction of sp³-hybridized carbons (Fsp3) is 0.500. The first-order chi connectivity index (χ1) is 11.5. The van der Waals surface area contributed by atoms with Gasteiger partial charge in [-0.05, 0) is 24.6 Å². The van der Waals surface area contributed by atoms with E-state index in [1.165, 1.54) is 0 Å². The number of carbonyl (C=O) groups excluding carboxylic acids is 2. The van der Waals surface area contributed by atoms with E-state index in [-0.39, 0.29) is 12.1 Å². The van der Waals surface area contributed by atoms with Crippen LogP contribution in [0.3, 0.4) is 0 Å².